The highest BCUT2D eigenvalue weighted by molar-refractivity contribution is 6.91. The van der Waals surface area contributed by atoms with Crippen molar-refractivity contribution in [3.63, 3.8) is 0 Å². The topological polar surface area (TPSA) is 34.9 Å². The van der Waals surface area contributed by atoms with E-state index in [1.54, 1.807) is 0 Å². The average molecular weight is 337 g/mol. The summed E-state index contributed by atoms with van der Waals surface area (Å²) in [6.45, 7) is 11.1. The first kappa shape index (κ1) is 16.6. The first-order valence-corrected chi connectivity index (χ1v) is 11.3. The second kappa shape index (κ2) is 5.71. The maximum atomic E-state index is 13.4. The summed E-state index contributed by atoms with van der Waals surface area (Å²) in [4.78, 5) is 18.2. The third-order valence-corrected chi connectivity index (χ3v) is 10.5. The summed E-state index contributed by atoms with van der Waals surface area (Å²) in [5, 5.41) is 0.799. The Morgan fingerprint density at radius 3 is 2.12 bits per heavy atom. The van der Waals surface area contributed by atoms with Crippen molar-refractivity contribution >= 4 is 24.4 Å². The van der Waals surface area contributed by atoms with Crippen molar-refractivity contribution in [1.82, 2.24) is 9.55 Å². The SMILES string of the molecule is CC(C)(C)[Si](C)(C)c1nc2ccccc2n(-c2ccccc2)c1=O. The van der Waals surface area contributed by atoms with Crippen LogP contribution in [0.25, 0.3) is 16.7 Å². The smallest absolute Gasteiger partial charge is 0.272 e. The largest absolute Gasteiger partial charge is 0.274 e. The van der Waals surface area contributed by atoms with Crippen molar-refractivity contribution in [2.45, 2.75) is 38.9 Å². The van der Waals surface area contributed by atoms with Crippen LogP contribution >= 0.6 is 0 Å². The van der Waals surface area contributed by atoms with Crippen LogP contribution < -0.4 is 10.9 Å². The van der Waals surface area contributed by atoms with Gasteiger partial charge in [0.2, 0.25) is 0 Å². The fourth-order valence-corrected chi connectivity index (χ4v) is 4.48. The molecule has 0 N–H and O–H groups in total. The minimum atomic E-state index is -2.05. The molecule has 0 spiro atoms. The van der Waals surface area contributed by atoms with Crippen LogP contribution in [-0.4, -0.2) is 17.6 Å². The zero-order valence-electron chi connectivity index (χ0n) is 15.0. The molecule has 124 valence electrons. The normalized spacial score (nSPS) is 12.5. The maximum Gasteiger partial charge on any atom is 0.272 e. The Hall–Kier alpha value is -2.20. The molecule has 4 heteroatoms. The zero-order chi connectivity index (χ0) is 17.5. The second-order valence-corrected chi connectivity index (χ2v) is 13.0. The quantitative estimate of drug-likeness (QED) is 0.660. The number of nitrogens with zero attached hydrogens (tertiary/aromatic N) is 2. The summed E-state index contributed by atoms with van der Waals surface area (Å²) in [6, 6.07) is 17.7. The monoisotopic (exact) mass is 336 g/mol. The molecule has 1 heterocycles. The Bertz CT molecular complexity index is 937. The maximum absolute atomic E-state index is 13.4. The Labute approximate surface area is 144 Å². The first-order valence-electron chi connectivity index (χ1n) is 8.31. The van der Waals surface area contributed by atoms with Crippen molar-refractivity contribution in [2.75, 3.05) is 0 Å². The standard InChI is InChI=1S/C20H24N2OSi/c1-20(2,3)24(4,5)18-19(23)22(15-11-7-6-8-12-15)17-14-10-9-13-16(17)21-18/h6-14H,1-5H3. The van der Waals surface area contributed by atoms with Gasteiger partial charge in [0.25, 0.3) is 5.56 Å². The van der Waals surface area contributed by atoms with Crippen LogP contribution in [0.2, 0.25) is 18.1 Å². The van der Waals surface area contributed by atoms with Crippen LogP contribution in [0.1, 0.15) is 20.8 Å². The van der Waals surface area contributed by atoms with Crippen molar-refractivity contribution in [2.24, 2.45) is 0 Å². The number of hydrogen-bond acceptors (Lipinski definition) is 2. The number of hydrogen-bond donors (Lipinski definition) is 0. The number of aromatic nitrogens is 2. The molecule has 3 rings (SSSR count). The summed E-state index contributed by atoms with van der Waals surface area (Å²) < 4.78 is 1.82. The van der Waals surface area contributed by atoms with E-state index in [0.717, 1.165) is 22.0 Å². The molecule has 0 atom stereocenters. The minimum Gasteiger partial charge on any atom is -0.274 e. The van der Waals surface area contributed by atoms with E-state index in [-0.39, 0.29) is 10.6 Å². The molecular formula is C20H24N2OSi. The van der Waals surface area contributed by atoms with Gasteiger partial charge < -0.3 is 0 Å². The van der Waals surface area contributed by atoms with Crippen molar-refractivity contribution in [1.29, 1.82) is 0 Å². The number of benzene rings is 2. The van der Waals surface area contributed by atoms with E-state index in [0.29, 0.717) is 0 Å². The van der Waals surface area contributed by atoms with Crippen LogP contribution in [-0.2, 0) is 0 Å². The Kier molecular flexibility index (Phi) is 3.96. The molecule has 0 saturated heterocycles. The average Bonchev–Trinajstić information content (AvgIpc) is 2.54. The van der Waals surface area contributed by atoms with E-state index in [9.17, 15) is 4.79 Å². The molecule has 0 aliphatic rings. The van der Waals surface area contributed by atoms with E-state index in [4.69, 9.17) is 4.98 Å². The summed E-state index contributed by atoms with van der Waals surface area (Å²) in [6.07, 6.45) is 0. The number of rotatable bonds is 2. The molecule has 0 fully saturated rings. The lowest BCUT2D eigenvalue weighted by atomic mass is 10.2. The van der Waals surface area contributed by atoms with Gasteiger partial charge in [-0.05, 0) is 29.3 Å². The lowest BCUT2D eigenvalue weighted by molar-refractivity contribution is 0.727. The van der Waals surface area contributed by atoms with Crippen LogP contribution in [0, 0.1) is 0 Å². The summed E-state index contributed by atoms with van der Waals surface area (Å²) >= 11 is 0. The molecule has 0 amide bonds. The first-order chi connectivity index (χ1) is 11.2. The second-order valence-electron chi connectivity index (χ2n) is 7.80. The fourth-order valence-electron chi connectivity index (χ4n) is 2.73. The van der Waals surface area contributed by atoms with E-state index in [2.05, 4.69) is 33.9 Å². The van der Waals surface area contributed by atoms with Gasteiger partial charge in [0, 0.05) is 5.69 Å². The van der Waals surface area contributed by atoms with Crippen molar-refractivity contribution < 1.29 is 0 Å². The van der Waals surface area contributed by atoms with Gasteiger partial charge in [-0.25, -0.2) is 0 Å². The van der Waals surface area contributed by atoms with Crippen LogP contribution in [0.5, 0.6) is 0 Å². The highest BCUT2D eigenvalue weighted by Gasteiger charge is 2.41. The van der Waals surface area contributed by atoms with E-state index < -0.39 is 8.07 Å². The van der Waals surface area contributed by atoms with Crippen molar-refractivity contribution in [3.8, 4) is 5.69 Å². The van der Waals surface area contributed by atoms with Gasteiger partial charge in [0.1, 0.15) is 8.07 Å². The molecule has 3 aromatic rings. The third-order valence-electron chi connectivity index (χ3n) is 5.24. The molecule has 0 bridgehead atoms. The predicted molar refractivity (Wildman–Crippen MR) is 104 cm³/mol. The van der Waals surface area contributed by atoms with Gasteiger partial charge in [-0.15, -0.1) is 0 Å². The van der Waals surface area contributed by atoms with Gasteiger partial charge in [0.15, 0.2) is 0 Å². The molecular weight excluding hydrogens is 312 g/mol. The molecule has 0 unspecified atom stereocenters. The van der Waals surface area contributed by atoms with E-state index in [1.165, 1.54) is 0 Å². The molecule has 0 radical (unpaired) electrons. The molecule has 0 saturated carbocycles. The van der Waals surface area contributed by atoms with Crippen molar-refractivity contribution in [3.05, 3.63) is 65.0 Å². The lowest BCUT2D eigenvalue weighted by Gasteiger charge is -2.35. The molecule has 0 aliphatic heterocycles. The fraction of sp³-hybridized carbons (Fsp3) is 0.300. The van der Waals surface area contributed by atoms with E-state index in [1.807, 2.05) is 59.2 Å². The van der Waals surface area contributed by atoms with Gasteiger partial charge in [-0.1, -0.05) is 64.2 Å². The third kappa shape index (κ3) is 2.61. The molecule has 1 aromatic heterocycles. The molecule has 0 aliphatic carbocycles. The Morgan fingerprint density at radius 2 is 1.50 bits per heavy atom. The van der Waals surface area contributed by atoms with Gasteiger partial charge in [-0.3, -0.25) is 14.3 Å². The minimum absolute atomic E-state index is 0.0199. The molecule has 24 heavy (non-hydrogen) atoms. The Morgan fingerprint density at radius 1 is 0.917 bits per heavy atom. The Balaban J connectivity index is 2.44. The summed E-state index contributed by atoms with van der Waals surface area (Å²) in [5.74, 6) is 0. The van der Waals surface area contributed by atoms with Gasteiger partial charge in [0.05, 0.1) is 16.4 Å². The molecule has 3 nitrogen and oxygen atoms in total. The van der Waals surface area contributed by atoms with Crippen LogP contribution in [0.4, 0.5) is 0 Å². The van der Waals surface area contributed by atoms with Crippen LogP contribution in [0.15, 0.2) is 59.4 Å². The van der Waals surface area contributed by atoms with Gasteiger partial charge in [-0.2, -0.15) is 0 Å². The molecule has 2 aromatic carbocycles. The lowest BCUT2D eigenvalue weighted by Crippen LogP contribution is -2.59. The predicted octanol–water partition coefficient (Wildman–Crippen LogP) is 4.10. The van der Waals surface area contributed by atoms with Crippen LogP contribution in [0.3, 0.4) is 0 Å². The summed E-state index contributed by atoms with van der Waals surface area (Å²) in [7, 11) is -2.05. The summed E-state index contributed by atoms with van der Waals surface area (Å²) in [5.41, 5.74) is 2.64. The highest BCUT2D eigenvalue weighted by atomic mass is 28.3. The van der Waals surface area contributed by atoms with Gasteiger partial charge >= 0.3 is 0 Å². The number of fused-ring (bicyclic) bond motifs is 1. The highest BCUT2D eigenvalue weighted by Crippen LogP contribution is 2.34. The number of para-hydroxylation sites is 3. The zero-order valence-corrected chi connectivity index (χ0v) is 16.0. The van der Waals surface area contributed by atoms with E-state index >= 15 is 0 Å².